The molecule has 0 amide bonds. The van der Waals surface area contributed by atoms with E-state index in [0.717, 1.165) is 0 Å². The Hall–Kier alpha value is -0.610. The number of halogens is 1. The molecule has 1 saturated heterocycles. The number of alkyl halides is 1. The molecule has 96 valence electrons. The fourth-order valence-corrected chi connectivity index (χ4v) is 2.31. The van der Waals surface area contributed by atoms with Crippen LogP contribution in [0.4, 0.5) is 0 Å². The molecule has 0 radical (unpaired) electrons. The van der Waals surface area contributed by atoms with Crippen molar-refractivity contribution in [2.24, 2.45) is 0 Å². The molecule has 1 aliphatic rings. The fraction of sp³-hybridized carbons (Fsp3) is 0.727. The molecule has 1 fully saturated rings. The van der Waals surface area contributed by atoms with Gasteiger partial charge in [-0.2, -0.15) is 0 Å². The lowest BCUT2D eigenvalue weighted by Crippen LogP contribution is -2.33. The van der Waals surface area contributed by atoms with Crippen molar-refractivity contribution >= 4 is 21.9 Å². The van der Waals surface area contributed by atoms with Crippen LogP contribution in [-0.2, 0) is 23.7 Å². The minimum atomic E-state index is -0.539. The van der Waals surface area contributed by atoms with Crippen LogP contribution < -0.4 is 0 Å². The molecule has 0 spiro atoms. The molecular formula is C11H15BrO5. The molecule has 4 atom stereocenters. The molecule has 0 N–H and O–H groups in total. The summed E-state index contributed by atoms with van der Waals surface area (Å²) in [5.41, 5.74) is 0. The van der Waals surface area contributed by atoms with Gasteiger partial charge in [0.15, 0.2) is 6.29 Å². The average molecular weight is 307 g/mol. The normalized spacial score (nSPS) is 32.1. The van der Waals surface area contributed by atoms with Crippen molar-refractivity contribution in [3.63, 3.8) is 0 Å². The van der Waals surface area contributed by atoms with E-state index in [0.29, 0.717) is 0 Å². The van der Waals surface area contributed by atoms with E-state index in [1.807, 2.05) is 0 Å². The summed E-state index contributed by atoms with van der Waals surface area (Å²) < 4.78 is 20.7. The minimum Gasteiger partial charge on any atom is -0.469 e. The number of esters is 1. The second-order valence-corrected chi connectivity index (χ2v) is 4.54. The smallest absolute Gasteiger partial charge is 0.308 e. The maximum atomic E-state index is 11.2. The van der Waals surface area contributed by atoms with Crippen molar-refractivity contribution in [3.05, 3.63) is 0 Å². The molecule has 0 aliphatic carbocycles. The highest BCUT2D eigenvalue weighted by molar-refractivity contribution is 9.09. The van der Waals surface area contributed by atoms with Crippen LogP contribution in [0.2, 0.25) is 0 Å². The largest absolute Gasteiger partial charge is 0.469 e. The fourth-order valence-electron chi connectivity index (χ4n) is 1.60. The van der Waals surface area contributed by atoms with Gasteiger partial charge in [-0.1, -0.05) is 21.9 Å². The number of carbonyl (C=O) groups excluding carboxylic acids is 1. The molecular weight excluding hydrogens is 292 g/mol. The van der Waals surface area contributed by atoms with Gasteiger partial charge >= 0.3 is 5.97 Å². The maximum absolute atomic E-state index is 11.2. The molecule has 0 aromatic carbocycles. The van der Waals surface area contributed by atoms with Crippen LogP contribution in [0.3, 0.4) is 0 Å². The molecule has 0 saturated carbocycles. The predicted molar refractivity (Wildman–Crippen MR) is 63.6 cm³/mol. The highest BCUT2D eigenvalue weighted by atomic mass is 79.9. The van der Waals surface area contributed by atoms with E-state index in [1.165, 1.54) is 14.2 Å². The lowest BCUT2D eigenvalue weighted by atomic mass is 10.1. The summed E-state index contributed by atoms with van der Waals surface area (Å²) in [5.74, 6) is 2.04. The SMILES string of the molecule is C#CCO[C@H]1[C@@H](OC)O[C@@H](CC(=O)OC)[C@@H]1Br. The van der Waals surface area contributed by atoms with Gasteiger partial charge in [0.1, 0.15) is 12.7 Å². The van der Waals surface area contributed by atoms with Crippen LogP contribution >= 0.6 is 15.9 Å². The number of carbonyl (C=O) groups is 1. The van der Waals surface area contributed by atoms with E-state index in [1.54, 1.807) is 0 Å². The first-order valence-electron chi connectivity index (χ1n) is 5.08. The second kappa shape index (κ2) is 6.97. The van der Waals surface area contributed by atoms with Crippen LogP contribution in [0.15, 0.2) is 0 Å². The van der Waals surface area contributed by atoms with E-state index in [9.17, 15) is 4.79 Å². The van der Waals surface area contributed by atoms with Gasteiger partial charge < -0.3 is 18.9 Å². The van der Waals surface area contributed by atoms with Crippen LogP contribution in [-0.4, -0.2) is 50.1 Å². The third kappa shape index (κ3) is 3.68. The summed E-state index contributed by atoms with van der Waals surface area (Å²) in [4.78, 5) is 11.0. The standard InChI is InChI=1S/C11H15BrO5/c1-4-5-16-10-9(12)7(6-8(13)14-2)17-11(10)15-3/h1,7,9-11H,5-6H2,2-3H3/t7-,9-,10+,11-/m0/s1. The van der Waals surface area contributed by atoms with Gasteiger partial charge in [0.05, 0.1) is 24.5 Å². The summed E-state index contributed by atoms with van der Waals surface area (Å²) in [6.45, 7) is 0.168. The van der Waals surface area contributed by atoms with Crippen molar-refractivity contribution in [3.8, 4) is 12.3 Å². The third-order valence-corrected chi connectivity index (χ3v) is 3.54. The molecule has 6 heteroatoms. The number of rotatable bonds is 5. The van der Waals surface area contributed by atoms with Gasteiger partial charge in [-0.15, -0.1) is 6.42 Å². The van der Waals surface area contributed by atoms with E-state index in [-0.39, 0.29) is 36.0 Å². The van der Waals surface area contributed by atoms with E-state index < -0.39 is 6.29 Å². The first-order valence-corrected chi connectivity index (χ1v) is 5.99. The molecule has 0 unspecified atom stereocenters. The van der Waals surface area contributed by atoms with Crippen molar-refractivity contribution in [1.29, 1.82) is 0 Å². The van der Waals surface area contributed by atoms with Crippen molar-refractivity contribution in [2.75, 3.05) is 20.8 Å². The molecule has 1 heterocycles. The Morgan fingerprint density at radius 2 is 2.24 bits per heavy atom. The summed E-state index contributed by atoms with van der Waals surface area (Å²) in [7, 11) is 2.85. The molecule has 17 heavy (non-hydrogen) atoms. The first kappa shape index (κ1) is 14.5. The zero-order valence-corrected chi connectivity index (χ0v) is 11.3. The Bertz CT molecular complexity index is 301. The Kier molecular flexibility index (Phi) is 5.92. The molecule has 0 aromatic heterocycles. The highest BCUT2D eigenvalue weighted by Gasteiger charge is 2.45. The monoisotopic (exact) mass is 306 g/mol. The zero-order chi connectivity index (χ0) is 12.8. The van der Waals surface area contributed by atoms with Gasteiger partial charge in [0, 0.05) is 7.11 Å². The van der Waals surface area contributed by atoms with E-state index in [4.69, 9.17) is 20.6 Å². The maximum Gasteiger partial charge on any atom is 0.308 e. The molecule has 0 aromatic rings. The Morgan fingerprint density at radius 3 is 2.76 bits per heavy atom. The average Bonchev–Trinajstić information content (AvgIpc) is 2.63. The summed E-state index contributed by atoms with van der Waals surface area (Å²) >= 11 is 3.43. The van der Waals surface area contributed by atoms with Gasteiger partial charge in [-0.3, -0.25) is 4.79 Å². The molecule has 1 aliphatic heterocycles. The Labute approximate surface area is 109 Å². The van der Waals surface area contributed by atoms with Gasteiger partial charge in [-0.05, 0) is 0 Å². The van der Waals surface area contributed by atoms with Crippen molar-refractivity contribution in [1.82, 2.24) is 0 Å². The lowest BCUT2D eigenvalue weighted by molar-refractivity contribution is -0.164. The van der Waals surface area contributed by atoms with Crippen LogP contribution in [0.25, 0.3) is 0 Å². The van der Waals surface area contributed by atoms with Gasteiger partial charge in [0.2, 0.25) is 0 Å². The Morgan fingerprint density at radius 1 is 1.53 bits per heavy atom. The van der Waals surface area contributed by atoms with Crippen molar-refractivity contribution in [2.45, 2.75) is 29.7 Å². The highest BCUT2D eigenvalue weighted by Crippen LogP contribution is 2.32. The zero-order valence-electron chi connectivity index (χ0n) is 9.72. The Balaban J connectivity index is 2.60. The first-order chi connectivity index (χ1) is 8.13. The number of methoxy groups -OCH3 is 2. The molecule has 1 rings (SSSR count). The minimum absolute atomic E-state index is 0.141. The third-order valence-electron chi connectivity index (χ3n) is 2.43. The summed E-state index contributed by atoms with van der Waals surface area (Å²) in [6.07, 6.45) is 4.04. The number of terminal acetylenes is 1. The molecule has 0 bridgehead atoms. The van der Waals surface area contributed by atoms with E-state index >= 15 is 0 Å². The second-order valence-electron chi connectivity index (χ2n) is 3.48. The van der Waals surface area contributed by atoms with Crippen LogP contribution in [0.1, 0.15) is 6.42 Å². The van der Waals surface area contributed by atoms with E-state index in [2.05, 4.69) is 26.6 Å². The number of hydrogen-bond donors (Lipinski definition) is 0. The van der Waals surface area contributed by atoms with Gasteiger partial charge in [0.25, 0.3) is 0 Å². The number of hydrogen-bond acceptors (Lipinski definition) is 5. The van der Waals surface area contributed by atoms with Crippen molar-refractivity contribution < 1.29 is 23.7 Å². The lowest BCUT2D eigenvalue weighted by Gasteiger charge is -2.18. The number of ether oxygens (including phenoxy) is 4. The predicted octanol–water partition coefficient (Wildman–Crippen LogP) is 0.703. The van der Waals surface area contributed by atoms with Crippen LogP contribution in [0, 0.1) is 12.3 Å². The quantitative estimate of drug-likeness (QED) is 0.425. The van der Waals surface area contributed by atoms with Gasteiger partial charge in [-0.25, -0.2) is 0 Å². The van der Waals surface area contributed by atoms with Crippen LogP contribution in [0.5, 0.6) is 0 Å². The molecule has 5 nitrogen and oxygen atoms in total. The summed E-state index contributed by atoms with van der Waals surface area (Å²) in [5, 5.41) is 0. The summed E-state index contributed by atoms with van der Waals surface area (Å²) in [6, 6.07) is 0. The topological polar surface area (TPSA) is 54.0 Å².